The topological polar surface area (TPSA) is 32.5 Å². The van der Waals surface area contributed by atoms with E-state index in [1.54, 1.807) is 0 Å². The van der Waals surface area contributed by atoms with Gasteiger partial charge in [-0.15, -0.1) is 0 Å². The molecule has 0 radical (unpaired) electrons. The third-order valence-electron chi connectivity index (χ3n) is 5.58. The summed E-state index contributed by atoms with van der Waals surface area (Å²) in [6.07, 6.45) is 3.87. The molecule has 2 aromatic heterocycles. The normalized spacial score (nSPS) is 17.3. The molecule has 1 aromatic carbocycles. The van der Waals surface area contributed by atoms with E-state index in [9.17, 15) is 0 Å². The van der Waals surface area contributed by atoms with E-state index >= 15 is 0 Å². The Morgan fingerprint density at radius 2 is 1.96 bits per heavy atom. The number of rotatable bonds is 4. The quantitative estimate of drug-likeness (QED) is 0.515. The molecule has 0 saturated carbocycles. The van der Waals surface area contributed by atoms with Gasteiger partial charge in [0, 0.05) is 23.2 Å². The zero-order valence-electron chi connectivity index (χ0n) is 17.2. The summed E-state index contributed by atoms with van der Waals surface area (Å²) in [5.74, 6) is 1.84. The summed E-state index contributed by atoms with van der Waals surface area (Å²) in [4.78, 5) is 9.43. The molecule has 0 N–H and O–H groups in total. The number of allylic oxidation sites excluding steroid dienone is 2. The van der Waals surface area contributed by atoms with Crippen LogP contribution in [0, 0.1) is 6.92 Å². The fourth-order valence-electron chi connectivity index (χ4n) is 4.26. The number of benzene rings is 1. The van der Waals surface area contributed by atoms with Crippen LogP contribution in [0.2, 0.25) is 0 Å². The number of aromatic nitrogens is 1. The van der Waals surface area contributed by atoms with Gasteiger partial charge in [0.25, 0.3) is 0 Å². The Morgan fingerprint density at radius 3 is 2.64 bits per heavy atom. The number of furan rings is 1. The lowest BCUT2D eigenvalue weighted by atomic mass is 10.1. The minimum absolute atomic E-state index is 0.113. The van der Waals surface area contributed by atoms with Gasteiger partial charge in [0.2, 0.25) is 0 Å². The van der Waals surface area contributed by atoms with Crippen LogP contribution in [0.15, 0.2) is 65.2 Å². The summed E-state index contributed by atoms with van der Waals surface area (Å²) in [7, 11) is 0. The Morgan fingerprint density at radius 1 is 1.21 bits per heavy atom. The summed E-state index contributed by atoms with van der Waals surface area (Å²) in [6, 6.07) is 12.7. The molecule has 0 aliphatic carbocycles. The number of hydrogen-bond acceptors (Lipinski definition) is 4. The van der Waals surface area contributed by atoms with E-state index in [0.717, 1.165) is 45.1 Å². The fourth-order valence-corrected chi connectivity index (χ4v) is 4.26. The van der Waals surface area contributed by atoms with Crippen LogP contribution in [-0.2, 0) is 0 Å². The Hall–Kier alpha value is -3.01. The molecule has 0 saturated heterocycles. The number of hydrogen-bond donors (Lipinski definition) is 0. The van der Waals surface area contributed by atoms with Crippen molar-refractivity contribution < 1.29 is 4.42 Å². The molecule has 0 fully saturated rings. The first-order chi connectivity index (χ1) is 13.5. The van der Waals surface area contributed by atoms with Gasteiger partial charge in [-0.25, -0.2) is 4.98 Å². The molecule has 28 heavy (non-hydrogen) atoms. The van der Waals surface area contributed by atoms with Gasteiger partial charge in [-0.3, -0.25) is 0 Å². The highest BCUT2D eigenvalue weighted by molar-refractivity contribution is 5.94. The molecular weight excluding hydrogens is 346 g/mol. The molecule has 1 aliphatic heterocycles. The minimum Gasteiger partial charge on any atom is -0.454 e. The molecular formula is C24H27N3O. The first-order valence-corrected chi connectivity index (χ1v) is 9.80. The second-order valence-electron chi connectivity index (χ2n) is 7.64. The summed E-state index contributed by atoms with van der Waals surface area (Å²) < 4.78 is 6.36. The first-order valence-electron chi connectivity index (χ1n) is 9.80. The number of pyridine rings is 1. The van der Waals surface area contributed by atoms with Gasteiger partial charge < -0.3 is 14.2 Å². The Balaban J connectivity index is 1.97. The highest BCUT2D eigenvalue weighted by Crippen LogP contribution is 2.45. The van der Waals surface area contributed by atoms with E-state index < -0.39 is 0 Å². The molecule has 0 amide bonds. The predicted molar refractivity (Wildman–Crippen MR) is 118 cm³/mol. The second-order valence-corrected chi connectivity index (χ2v) is 7.64. The monoisotopic (exact) mass is 373 g/mol. The lowest BCUT2D eigenvalue weighted by molar-refractivity contribution is 0.574. The lowest BCUT2D eigenvalue weighted by Gasteiger charge is -2.33. The minimum atomic E-state index is 0.113. The van der Waals surface area contributed by atoms with Gasteiger partial charge in [-0.1, -0.05) is 30.9 Å². The van der Waals surface area contributed by atoms with Crippen molar-refractivity contribution in [2.75, 3.05) is 9.80 Å². The molecule has 0 spiro atoms. The predicted octanol–water partition coefficient (Wildman–Crippen LogP) is 6.13. The molecule has 1 aliphatic rings. The van der Waals surface area contributed by atoms with Crippen LogP contribution < -0.4 is 9.80 Å². The third-order valence-corrected chi connectivity index (χ3v) is 5.58. The van der Waals surface area contributed by atoms with Crippen LogP contribution in [0.25, 0.3) is 16.7 Å². The van der Waals surface area contributed by atoms with Crippen molar-refractivity contribution in [3.63, 3.8) is 0 Å². The fraction of sp³-hybridized carbons (Fsp3) is 0.292. The molecule has 4 heteroatoms. The number of aryl methyl sites for hydroxylation is 1. The first kappa shape index (κ1) is 18.4. The van der Waals surface area contributed by atoms with E-state index in [4.69, 9.17) is 9.40 Å². The number of fused-ring (bicyclic) bond motifs is 2. The summed E-state index contributed by atoms with van der Waals surface area (Å²) in [6.45, 7) is 14.9. The third kappa shape index (κ3) is 2.63. The average Bonchev–Trinajstić information content (AvgIpc) is 3.17. The van der Waals surface area contributed by atoms with Gasteiger partial charge in [0.05, 0.1) is 11.4 Å². The van der Waals surface area contributed by atoms with Crippen molar-refractivity contribution in [3.05, 3.63) is 72.1 Å². The second kappa shape index (κ2) is 6.86. The van der Waals surface area contributed by atoms with Crippen LogP contribution >= 0.6 is 0 Å². The van der Waals surface area contributed by atoms with Crippen molar-refractivity contribution in [1.29, 1.82) is 0 Å². The lowest BCUT2D eigenvalue weighted by Crippen LogP contribution is -2.44. The van der Waals surface area contributed by atoms with E-state index in [0.29, 0.717) is 6.04 Å². The molecule has 3 aromatic rings. The van der Waals surface area contributed by atoms with Crippen LogP contribution in [0.5, 0.6) is 0 Å². The number of nitrogens with zero attached hydrogens (tertiary/aromatic N) is 3. The van der Waals surface area contributed by atoms with Crippen molar-refractivity contribution in [1.82, 2.24) is 4.98 Å². The molecule has 4 rings (SSSR count). The summed E-state index contributed by atoms with van der Waals surface area (Å²) in [5.41, 5.74) is 5.28. The largest absolute Gasteiger partial charge is 0.454 e. The van der Waals surface area contributed by atoms with Crippen molar-refractivity contribution in [3.8, 4) is 0 Å². The van der Waals surface area contributed by atoms with Crippen LogP contribution in [0.4, 0.5) is 11.5 Å². The maximum atomic E-state index is 6.36. The Kier molecular flexibility index (Phi) is 4.50. The molecule has 3 heterocycles. The van der Waals surface area contributed by atoms with Gasteiger partial charge in [-0.05, 0) is 58.4 Å². The maximum absolute atomic E-state index is 6.36. The van der Waals surface area contributed by atoms with Crippen molar-refractivity contribution in [2.45, 2.75) is 46.8 Å². The SMILES string of the molecule is C=C/C(C)=C(\c1oc2ccccc2c1C)N1c2ncccc2N(C(C)C)[C@H]1C. The van der Waals surface area contributed by atoms with Crippen molar-refractivity contribution >= 4 is 28.2 Å². The average molecular weight is 374 g/mol. The smallest absolute Gasteiger partial charge is 0.158 e. The van der Waals surface area contributed by atoms with E-state index in [1.807, 2.05) is 36.5 Å². The molecule has 0 unspecified atom stereocenters. The Labute approximate surface area is 166 Å². The number of para-hydroxylation sites is 1. The molecule has 0 bridgehead atoms. The molecule has 4 nitrogen and oxygen atoms in total. The maximum Gasteiger partial charge on any atom is 0.158 e. The van der Waals surface area contributed by atoms with Crippen molar-refractivity contribution in [2.24, 2.45) is 0 Å². The highest BCUT2D eigenvalue weighted by atomic mass is 16.3. The van der Waals surface area contributed by atoms with Gasteiger partial charge in [0.1, 0.15) is 11.7 Å². The van der Waals surface area contributed by atoms with E-state index in [1.165, 1.54) is 0 Å². The van der Waals surface area contributed by atoms with Crippen LogP contribution in [-0.4, -0.2) is 17.2 Å². The van der Waals surface area contributed by atoms with E-state index in [2.05, 4.69) is 63.1 Å². The van der Waals surface area contributed by atoms with Crippen LogP contribution in [0.1, 0.15) is 39.0 Å². The van der Waals surface area contributed by atoms with Crippen LogP contribution in [0.3, 0.4) is 0 Å². The van der Waals surface area contributed by atoms with E-state index in [-0.39, 0.29) is 6.17 Å². The molecule has 1 atom stereocenters. The van der Waals surface area contributed by atoms with Gasteiger partial charge in [-0.2, -0.15) is 0 Å². The summed E-state index contributed by atoms with van der Waals surface area (Å²) in [5, 5.41) is 1.14. The zero-order chi connectivity index (χ0) is 20.0. The standard InChI is InChI=1S/C24H27N3O/c1-7-16(4)22(23-17(5)19-11-8-9-13-21(19)28-23)27-18(6)26(15(2)3)20-12-10-14-25-24(20)27/h7-15,18H,1H2,2-6H3/b22-16+/t18-/m1/s1. The van der Waals surface area contributed by atoms with Gasteiger partial charge >= 0.3 is 0 Å². The highest BCUT2D eigenvalue weighted by Gasteiger charge is 2.39. The zero-order valence-corrected chi connectivity index (χ0v) is 17.2. The molecule has 144 valence electrons. The van der Waals surface area contributed by atoms with Gasteiger partial charge in [0.15, 0.2) is 11.6 Å². The summed E-state index contributed by atoms with van der Waals surface area (Å²) >= 11 is 0. The Bertz CT molecular complexity index is 1080. The number of anilines is 2.